The van der Waals surface area contributed by atoms with Gasteiger partial charge in [0.05, 0.1) is 11.4 Å². The Hall–Kier alpha value is -2.84. The van der Waals surface area contributed by atoms with Crippen LogP contribution in [-0.2, 0) is 19.8 Å². The molecule has 4 rings (SSSR count). The maximum absolute atomic E-state index is 12.4. The lowest BCUT2D eigenvalue weighted by Gasteiger charge is -2.13. The van der Waals surface area contributed by atoms with Crippen molar-refractivity contribution >= 4 is 23.4 Å². The molecule has 0 bridgehead atoms. The molecular weight excluding hydrogens is 432 g/mol. The van der Waals surface area contributed by atoms with E-state index in [4.69, 9.17) is 11.6 Å². The van der Waals surface area contributed by atoms with E-state index in [9.17, 15) is 4.79 Å². The summed E-state index contributed by atoms with van der Waals surface area (Å²) in [5.74, 6) is 0.708. The third-order valence-corrected chi connectivity index (χ3v) is 7.08. The molecule has 0 aliphatic heterocycles. The number of hydrogen-bond donors (Lipinski definition) is 0. The number of rotatable bonds is 5. The summed E-state index contributed by atoms with van der Waals surface area (Å²) in [5.41, 5.74) is 6.75. The molecule has 160 valence electrons. The molecule has 0 aliphatic carbocycles. The molecule has 0 fully saturated rings. The van der Waals surface area contributed by atoms with E-state index in [2.05, 4.69) is 40.6 Å². The van der Waals surface area contributed by atoms with Gasteiger partial charge in [-0.1, -0.05) is 29.8 Å². The zero-order valence-electron chi connectivity index (χ0n) is 18.0. The predicted molar refractivity (Wildman–Crippen MR) is 124 cm³/mol. The van der Waals surface area contributed by atoms with Crippen LogP contribution in [0.5, 0.6) is 0 Å². The van der Waals surface area contributed by atoms with Crippen LogP contribution < -0.4 is 5.69 Å². The Morgan fingerprint density at radius 3 is 2.39 bits per heavy atom. The number of aryl methyl sites for hydroxylation is 4. The lowest BCUT2D eigenvalue weighted by molar-refractivity contribution is 0.692. The third-order valence-electron chi connectivity index (χ3n) is 5.35. The van der Waals surface area contributed by atoms with E-state index in [-0.39, 0.29) is 5.69 Å². The van der Waals surface area contributed by atoms with Gasteiger partial charge in [0.1, 0.15) is 5.15 Å². The number of hydrogen-bond acceptors (Lipinski definition) is 5. The summed E-state index contributed by atoms with van der Waals surface area (Å²) in [6.45, 7) is 6.12. The van der Waals surface area contributed by atoms with Crippen molar-refractivity contribution in [2.75, 3.05) is 0 Å². The molecular formula is C22H23ClN6OS. The minimum Gasteiger partial charge on any atom is -0.256 e. The highest BCUT2D eigenvalue weighted by molar-refractivity contribution is 7.98. The Bertz CT molecular complexity index is 1340. The molecule has 9 heteroatoms. The molecule has 0 atom stereocenters. The van der Waals surface area contributed by atoms with Crippen LogP contribution >= 0.6 is 23.4 Å². The Balaban J connectivity index is 1.63. The van der Waals surface area contributed by atoms with Crippen LogP contribution in [0.1, 0.15) is 22.3 Å². The molecule has 31 heavy (non-hydrogen) atoms. The number of halogens is 1. The summed E-state index contributed by atoms with van der Waals surface area (Å²) in [6, 6.07) is 12.2. The molecule has 0 unspecified atom stereocenters. The highest BCUT2D eigenvalue weighted by atomic mass is 35.5. The Labute approximate surface area is 189 Å². The summed E-state index contributed by atoms with van der Waals surface area (Å²) in [5, 5.41) is 13.0. The monoisotopic (exact) mass is 454 g/mol. The van der Waals surface area contributed by atoms with Crippen molar-refractivity contribution in [1.82, 2.24) is 29.6 Å². The lowest BCUT2D eigenvalue weighted by atomic mass is 10.1. The van der Waals surface area contributed by atoms with Gasteiger partial charge in [-0.3, -0.25) is 4.68 Å². The number of benzene rings is 2. The van der Waals surface area contributed by atoms with E-state index < -0.39 is 0 Å². The average Bonchev–Trinajstić information content (AvgIpc) is 3.21. The van der Waals surface area contributed by atoms with Crippen molar-refractivity contribution in [3.63, 3.8) is 0 Å². The predicted octanol–water partition coefficient (Wildman–Crippen LogP) is 4.24. The van der Waals surface area contributed by atoms with Crippen molar-refractivity contribution < 1.29 is 0 Å². The Kier molecular flexibility index (Phi) is 5.77. The summed E-state index contributed by atoms with van der Waals surface area (Å²) in [6.07, 6.45) is 0. The fourth-order valence-corrected chi connectivity index (χ4v) is 4.78. The van der Waals surface area contributed by atoms with E-state index in [0.29, 0.717) is 10.9 Å². The van der Waals surface area contributed by atoms with Gasteiger partial charge < -0.3 is 0 Å². The van der Waals surface area contributed by atoms with E-state index >= 15 is 0 Å². The quantitative estimate of drug-likeness (QED) is 0.422. The normalized spacial score (nSPS) is 11.3. The standard InChI is InChI=1S/C22H23ClN6OS/c1-13-7-6-8-18(29-22(30)28(5)25-26-29)17(13)12-31-19-10-9-16(11-14(19)2)20-15(3)21(23)27(4)24-20/h6-11H,12H2,1-5H3. The van der Waals surface area contributed by atoms with Gasteiger partial charge in [-0.25, -0.2) is 4.79 Å². The molecule has 2 aromatic heterocycles. The zero-order chi connectivity index (χ0) is 22.3. The maximum Gasteiger partial charge on any atom is 0.368 e. The van der Waals surface area contributed by atoms with Crippen molar-refractivity contribution in [2.45, 2.75) is 31.4 Å². The van der Waals surface area contributed by atoms with Crippen LogP contribution in [-0.4, -0.2) is 29.6 Å². The molecule has 2 heterocycles. The molecule has 0 saturated carbocycles. The van der Waals surface area contributed by atoms with Gasteiger partial charge in [0.15, 0.2) is 0 Å². The Morgan fingerprint density at radius 2 is 1.77 bits per heavy atom. The van der Waals surface area contributed by atoms with Crippen molar-refractivity contribution in [3.8, 4) is 16.9 Å². The topological polar surface area (TPSA) is 70.5 Å². The van der Waals surface area contributed by atoms with Gasteiger partial charge in [0.2, 0.25) is 0 Å². The fraction of sp³-hybridized carbons (Fsp3) is 0.273. The first-order valence-electron chi connectivity index (χ1n) is 9.78. The molecule has 0 saturated heterocycles. The highest BCUT2D eigenvalue weighted by Crippen LogP contribution is 2.33. The van der Waals surface area contributed by atoms with Crippen LogP contribution in [0.25, 0.3) is 16.9 Å². The van der Waals surface area contributed by atoms with Crippen molar-refractivity contribution in [1.29, 1.82) is 0 Å². The van der Waals surface area contributed by atoms with Gasteiger partial charge in [-0.2, -0.15) is 14.5 Å². The van der Waals surface area contributed by atoms with Crippen molar-refractivity contribution in [2.24, 2.45) is 14.1 Å². The molecule has 0 amide bonds. The van der Waals surface area contributed by atoms with Crippen LogP contribution in [0.2, 0.25) is 5.15 Å². The fourth-order valence-electron chi connectivity index (χ4n) is 3.53. The first-order chi connectivity index (χ1) is 14.8. The molecule has 0 aliphatic rings. The van der Waals surface area contributed by atoms with Gasteiger partial charge in [-0.05, 0) is 66.1 Å². The summed E-state index contributed by atoms with van der Waals surface area (Å²) in [4.78, 5) is 13.5. The Morgan fingerprint density at radius 1 is 1.00 bits per heavy atom. The van der Waals surface area contributed by atoms with E-state index in [1.54, 1.807) is 23.5 Å². The van der Waals surface area contributed by atoms with Gasteiger partial charge in [-0.15, -0.1) is 11.8 Å². The van der Waals surface area contributed by atoms with Crippen LogP contribution in [0.15, 0.2) is 46.1 Å². The highest BCUT2D eigenvalue weighted by Gasteiger charge is 2.15. The van der Waals surface area contributed by atoms with Gasteiger partial charge in [0.25, 0.3) is 0 Å². The molecule has 2 aromatic carbocycles. The van der Waals surface area contributed by atoms with Crippen LogP contribution in [0.3, 0.4) is 0 Å². The second kappa shape index (κ2) is 8.36. The first kappa shape index (κ1) is 21.4. The lowest BCUT2D eigenvalue weighted by Crippen LogP contribution is -2.23. The molecule has 0 spiro atoms. The number of aromatic nitrogens is 6. The molecule has 4 aromatic rings. The zero-order valence-corrected chi connectivity index (χ0v) is 19.6. The van der Waals surface area contributed by atoms with Crippen molar-refractivity contribution in [3.05, 3.63) is 74.3 Å². The smallest absolute Gasteiger partial charge is 0.256 e. The summed E-state index contributed by atoms with van der Waals surface area (Å²) >= 11 is 8.02. The largest absolute Gasteiger partial charge is 0.368 e. The van der Waals surface area contributed by atoms with E-state index in [0.717, 1.165) is 39.2 Å². The van der Waals surface area contributed by atoms with Gasteiger partial charge >= 0.3 is 5.69 Å². The minimum atomic E-state index is -0.262. The second-order valence-electron chi connectivity index (χ2n) is 7.53. The SMILES string of the molecule is Cc1cc(-c2nn(C)c(Cl)c2C)ccc1SCc1c(C)cccc1-n1nnn(C)c1=O. The maximum atomic E-state index is 12.4. The first-order valence-corrected chi connectivity index (χ1v) is 11.1. The third kappa shape index (κ3) is 3.93. The number of nitrogens with zero attached hydrogens (tertiary/aromatic N) is 6. The number of tetrazole rings is 1. The molecule has 0 N–H and O–H groups in total. The van der Waals surface area contributed by atoms with Crippen LogP contribution in [0.4, 0.5) is 0 Å². The second-order valence-corrected chi connectivity index (χ2v) is 8.90. The van der Waals surface area contributed by atoms with E-state index in [1.165, 1.54) is 14.3 Å². The average molecular weight is 455 g/mol. The summed E-state index contributed by atoms with van der Waals surface area (Å²) in [7, 11) is 3.44. The van der Waals surface area contributed by atoms with Gasteiger partial charge in [0, 0.05) is 35.9 Å². The molecule has 7 nitrogen and oxygen atoms in total. The molecule has 0 radical (unpaired) electrons. The summed E-state index contributed by atoms with van der Waals surface area (Å²) < 4.78 is 4.28. The number of thioether (sulfide) groups is 1. The van der Waals surface area contributed by atoms with E-state index in [1.807, 2.05) is 39.1 Å². The van der Waals surface area contributed by atoms with Crippen LogP contribution in [0, 0.1) is 20.8 Å². The minimum absolute atomic E-state index is 0.262.